The van der Waals surface area contributed by atoms with Crippen molar-refractivity contribution in [3.05, 3.63) is 156 Å². The standard InChI is InChI=1S/C27H23NO3S2.C26H22N2O3S2.2CO2/c1-13-6-5-9-15(10-13)28-26(30)22-16-11-17(23(22)27(28)31)24-21(16)20(14-7-3-2-4-8-14)25-18(32-24)12-19(29)33-25;1-12-6-5-9-14(10-12)28-24(29)19-15-11-16(20(19)25(28)30)21-18(15)17(13-7-3-2-4-8-13)22-23(32-21)27-26(31)33-22;2*2-1-3/h2-10,16-17,20-24H,11-12H2,1H3;2-10,15-21H,11H2,1H3,(H,27,31);;/t16-,17-,20-,21-,22+,23-,24-;15-,16-,17-,18-,19+,20-,21-;;/m10../s1. The molecule has 14 rings (SSSR count). The Hall–Kier alpha value is -6.19. The normalized spacial score (nSPS) is 32.4. The molecule has 4 bridgehead atoms. The molecular formula is C55H45N3O10S4. The van der Waals surface area contributed by atoms with Gasteiger partial charge in [-0.25, -0.2) is 0 Å². The Labute approximate surface area is 430 Å². The van der Waals surface area contributed by atoms with Crippen LogP contribution in [0.3, 0.4) is 0 Å². The maximum Gasteiger partial charge on any atom is 0.373 e. The molecular weight excluding hydrogens is 991 g/mol. The molecule has 4 aromatic carbocycles. The topological polar surface area (TPSA) is 193 Å². The largest absolute Gasteiger partial charge is 0.373 e. The average Bonchev–Trinajstić information content (AvgIpc) is 4.26. The van der Waals surface area contributed by atoms with Gasteiger partial charge in [0.25, 0.3) is 0 Å². The summed E-state index contributed by atoms with van der Waals surface area (Å²) in [6.45, 7) is 3.97. The predicted molar refractivity (Wildman–Crippen MR) is 269 cm³/mol. The molecule has 17 heteroatoms. The molecule has 4 saturated carbocycles. The number of amides is 4. The van der Waals surface area contributed by atoms with Crippen molar-refractivity contribution in [2.45, 2.75) is 60.5 Å². The van der Waals surface area contributed by atoms with Crippen molar-refractivity contribution in [1.29, 1.82) is 0 Å². The minimum Gasteiger partial charge on any atom is -0.307 e. The summed E-state index contributed by atoms with van der Waals surface area (Å²) < 4.78 is 0. The molecule has 4 amide bonds. The van der Waals surface area contributed by atoms with Gasteiger partial charge in [0.2, 0.25) is 23.6 Å². The second-order valence-corrected chi connectivity index (χ2v) is 24.4. The quantitative estimate of drug-likeness (QED) is 0.169. The van der Waals surface area contributed by atoms with E-state index in [1.54, 1.807) is 11.8 Å². The van der Waals surface area contributed by atoms with Crippen molar-refractivity contribution >= 4 is 99.0 Å². The molecule has 1 aromatic heterocycles. The van der Waals surface area contributed by atoms with Gasteiger partial charge in [0.05, 0.1) is 40.1 Å². The van der Waals surface area contributed by atoms with Crippen LogP contribution in [0.4, 0.5) is 11.4 Å². The number of nitrogens with one attached hydrogen (secondary N) is 1. The van der Waals surface area contributed by atoms with Gasteiger partial charge in [0, 0.05) is 43.4 Å². The molecule has 2 saturated heterocycles. The highest BCUT2D eigenvalue weighted by Crippen LogP contribution is 2.71. The second kappa shape index (κ2) is 19.0. The lowest BCUT2D eigenvalue weighted by Crippen LogP contribution is -2.42. The van der Waals surface area contributed by atoms with Gasteiger partial charge in [0.15, 0.2) is 5.12 Å². The number of anilines is 2. The first-order chi connectivity index (χ1) is 34.9. The predicted octanol–water partition coefficient (Wildman–Crippen LogP) is 8.40. The van der Waals surface area contributed by atoms with Crippen molar-refractivity contribution in [2.75, 3.05) is 9.80 Å². The fraction of sp³-hybridized carbons (Fsp3) is 0.345. The Balaban J connectivity index is 0.000000141. The number of rotatable bonds is 4. The number of fused-ring (bicyclic) bond motifs is 17. The Morgan fingerprint density at radius 3 is 1.47 bits per heavy atom. The zero-order chi connectivity index (χ0) is 50.3. The highest BCUT2D eigenvalue weighted by molar-refractivity contribution is 8.18. The number of imide groups is 2. The molecule has 4 aliphatic carbocycles. The van der Waals surface area contributed by atoms with Gasteiger partial charge in [-0.3, -0.25) is 38.6 Å². The van der Waals surface area contributed by atoms with Gasteiger partial charge < -0.3 is 4.98 Å². The van der Waals surface area contributed by atoms with Crippen LogP contribution in [-0.4, -0.2) is 56.5 Å². The molecule has 1 N–H and O–H groups in total. The first-order valence-electron chi connectivity index (χ1n) is 23.9. The van der Waals surface area contributed by atoms with Crippen molar-refractivity contribution in [2.24, 2.45) is 59.2 Å². The lowest BCUT2D eigenvalue weighted by molar-refractivity contribution is -0.193. The van der Waals surface area contributed by atoms with Crippen molar-refractivity contribution in [3.63, 3.8) is 0 Å². The van der Waals surface area contributed by atoms with Crippen LogP contribution in [0.2, 0.25) is 0 Å². The average molecular weight is 1040 g/mol. The zero-order valence-electron chi connectivity index (χ0n) is 38.7. The van der Waals surface area contributed by atoms with Crippen LogP contribution in [0.25, 0.3) is 0 Å². The number of allylic oxidation sites excluding steroid dienone is 2. The van der Waals surface area contributed by atoms with E-state index >= 15 is 0 Å². The van der Waals surface area contributed by atoms with Crippen LogP contribution >= 0.6 is 46.6 Å². The summed E-state index contributed by atoms with van der Waals surface area (Å²) in [5.74, 6) is 0.377. The lowest BCUT2D eigenvalue weighted by atomic mass is 9.68. The first-order valence-corrected chi connectivity index (χ1v) is 27.3. The number of benzene rings is 4. The van der Waals surface area contributed by atoms with E-state index in [1.807, 2.05) is 98.4 Å². The number of hydrogen-bond acceptors (Lipinski definition) is 14. The van der Waals surface area contributed by atoms with E-state index in [-0.39, 0.29) is 122 Å². The molecule has 5 aromatic rings. The third kappa shape index (κ3) is 7.62. The first kappa shape index (κ1) is 48.1. The molecule has 5 aliphatic heterocycles. The summed E-state index contributed by atoms with van der Waals surface area (Å²) in [6.07, 6.45) is 2.86. The van der Waals surface area contributed by atoms with Gasteiger partial charge in [-0.05, 0) is 109 Å². The number of aryl methyl sites for hydroxylation is 2. The van der Waals surface area contributed by atoms with E-state index in [9.17, 15) is 28.8 Å². The SMILES string of the molecule is Cc1cccc(N2C(=O)[C@@H]3[C@H]4C[C@@H]([C@@H]3C2=O)[C@H]2[C@@H]4SC3=C(SC(=O)C3)[C@@H]2c2ccccc2)c1.Cc1cccc(N2C(=O)[C@@H]3[C@H]4C[C@H]([C@@H]5Sc6[nH]c(=O)sc6[C@@H](c6ccccc6)[C@H]45)[C@@H]3C2=O)c1.O=C=O.O=C=O. The Morgan fingerprint density at radius 2 is 0.986 bits per heavy atom. The van der Waals surface area contributed by atoms with E-state index in [1.165, 1.54) is 53.8 Å². The molecule has 364 valence electrons. The van der Waals surface area contributed by atoms with E-state index < -0.39 is 0 Å². The number of aromatic amines is 1. The number of carbonyl (C=O) groups excluding carboxylic acids is 9. The number of H-pyrrole nitrogens is 1. The Morgan fingerprint density at radius 1 is 0.542 bits per heavy atom. The van der Waals surface area contributed by atoms with Gasteiger partial charge >= 0.3 is 17.2 Å². The molecule has 72 heavy (non-hydrogen) atoms. The van der Waals surface area contributed by atoms with Gasteiger partial charge in [0.1, 0.15) is 0 Å². The summed E-state index contributed by atoms with van der Waals surface area (Å²) >= 11 is 6.29. The van der Waals surface area contributed by atoms with Crippen LogP contribution in [0, 0.1) is 73.0 Å². The van der Waals surface area contributed by atoms with Crippen LogP contribution in [0.1, 0.15) is 58.2 Å². The highest BCUT2D eigenvalue weighted by Gasteiger charge is 2.71. The third-order valence-electron chi connectivity index (χ3n) is 16.5. The monoisotopic (exact) mass is 1040 g/mol. The summed E-state index contributed by atoms with van der Waals surface area (Å²) in [4.78, 5) is 121. The van der Waals surface area contributed by atoms with Crippen LogP contribution in [0.5, 0.6) is 0 Å². The summed E-state index contributed by atoms with van der Waals surface area (Å²) in [6, 6.07) is 36.2. The lowest BCUT2D eigenvalue weighted by Gasteiger charge is -2.44. The van der Waals surface area contributed by atoms with Gasteiger partial charge in [-0.15, -0.1) is 23.5 Å². The maximum absolute atomic E-state index is 13.7. The van der Waals surface area contributed by atoms with E-state index in [0.29, 0.717) is 23.0 Å². The molecule has 13 nitrogen and oxygen atoms in total. The van der Waals surface area contributed by atoms with E-state index in [2.05, 4.69) is 41.4 Å². The van der Waals surface area contributed by atoms with Gasteiger partial charge in [-0.2, -0.15) is 19.2 Å². The van der Waals surface area contributed by atoms with Gasteiger partial charge in [-0.1, -0.05) is 108 Å². The van der Waals surface area contributed by atoms with Crippen LogP contribution < -0.4 is 14.7 Å². The number of nitrogens with zero attached hydrogens (tertiary/aromatic N) is 2. The van der Waals surface area contributed by atoms with Crippen molar-refractivity contribution in [3.8, 4) is 0 Å². The molecule has 9 aliphatic rings. The molecule has 14 atom stereocenters. The smallest absolute Gasteiger partial charge is 0.307 e. The summed E-state index contributed by atoms with van der Waals surface area (Å²) in [5.41, 5.74) is 5.91. The number of aromatic nitrogens is 1. The molecule has 0 spiro atoms. The Bertz CT molecular complexity index is 3220. The number of hydrogen-bond donors (Lipinski definition) is 1. The fourth-order valence-electron chi connectivity index (χ4n) is 14.3. The van der Waals surface area contributed by atoms with Crippen molar-refractivity contribution in [1.82, 2.24) is 4.98 Å². The number of thioether (sulfide) groups is 3. The number of thiazole rings is 1. The summed E-state index contributed by atoms with van der Waals surface area (Å²) in [5, 5.41) is 1.70. The van der Waals surface area contributed by atoms with E-state index in [0.717, 1.165) is 33.9 Å². The third-order valence-corrected chi connectivity index (χ3v) is 21.9. The fourth-order valence-corrected chi connectivity index (χ4v) is 20.4. The highest BCUT2D eigenvalue weighted by atomic mass is 32.2. The molecule has 6 heterocycles. The molecule has 0 unspecified atom stereocenters. The van der Waals surface area contributed by atoms with Crippen LogP contribution in [-0.2, 0) is 43.2 Å². The minimum absolute atomic E-state index is 0.0185. The zero-order valence-corrected chi connectivity index (χ0v) is 42.0. The van der Waals surface area contributed by atoms with E-state index in [4.69, 9.17) is 19.2 Å². The molecule has 6 fully saturated rings. The maximum atomic E-state index is 13.7. The second-order valence-electron chi connectivity index (χ2n) is 19.8. The number of carbonyl (C=O) groups is 5. The summed E-state index contributed by atoms with van der Waals surface area (Å²) in [7, 11) is 0. The minimum atomic E-state index is -0.256. The van der Waals surface area contributed by atoms with Crippen molar-refractivity contribution < 1.29 is 43.2 Å². The molecule has 0 radical (unpaired) electrons. The Kier molecular flexibility index (Phi) is 12.7. The van der Waals surface area contributed by atoms with Crippen LogP contribution in [0.15, 0.2) is 129 Å².